The first-order valence-electron chi connectivity index (χ1n) is 7.20. The van der Waals surface area contributed by atoms with Crippen molar-refractivity contribution >= 4 is 22.9 Å². The molecule has 1 aromatic carbocycles. The fourth-order valence-corrected chi connectivity index (χ4v) is 3.49. The molecule has 2 unspecified atom stereocenters. The molecule has 0 fully saturated rings. The van der Waals surface area contributed by atoms with Crippen LogP contribution >= 0.6 is 11.3 Å². The summed E-state index contributed by atoms with van der Waals surface area (Å²) >= 11 is 1.59. The zero-order chi connectivity index (χ0) is 14.8. The molecular weight excluding hydrogens is 282 g/mol. The van der Waals surface area contributed by atoms with Gasteiger partial charge in [0.25, 0.3) is 0 Å². The summed E-state index contributed by atoms with van der Waals surface area (Å²) in [6.07, 6.45) is 0.826. The van der Waals surface area contributed by atoms with E-state index in [0.29, 0.717) is 0 Å². The third-order valence-electron chi connectivity index (χ3n) is 3.77. The second-order valence-corrected chi connectivity index (χ2v) is 6.30. The van der Waals surface area contributed by atoms with E-state index in [1.54, 1.807) is 11.3 Å². The first-order chi connectivity index (χ1) is 10.1. The number of carbonyl (C=O) groups is 1. The van der Waals surface area contributed by atoms with E-state index in [0.717, 1.165) is 34.9 Å². The Balaban J connectivity index is 1.74. The van der Waals surface area contributed by atoms with Crippen molar-refractivity contribution in [2.75, 3.05) is 11.9 Å². The highest BCUT2D eigenvalue weighted by molar-refractivity contribution is 7.09. The smallest absolute Gasteiger partial charge is 0.228 e. The number of anilines is 1. The van der Waals surface area contributed by atoms with Crippen LogP contribution in [0.3, 0.4) is 0 Å². The Morgan fingerprint density at radius 3 is 3.05 bits per heavy atom. The van der Waals surface area contributed by atoms with Crippen LogP contribution in [0, 0.1) is 6.92 Å². The number of hydrogen-bond acceptors (Lipinski definition) is 4. The van der Waals surface area contributed by atoms with Gasteiger partial charge < -0.3 is 10.6 Å². The predicted octanol–water partition coefficient (Wildman–Crippen LogP) is 3.23. The molecule has 0 radical (unpaired) electrons. The molecule has 3 rings (SSSR count). The van der Waals surface area contributed by atoms with Gasteiger partial charge in [-0.1, -0.05) is 18.2 Å². The molecule has 1 aromatic heterocycles. The van der Waals surface area contributed by atoms with Crippen molar-refractivity contribution in [1.82, 2.24) is 10.3 Å². The van der Waals surface area contributed by atoms with E-state index in [2.05, 4.69) is 15.6 Å². The van der Waals surface area contributed by atoms with E-state index in [1.807, 2.05) is 43.5 Å². The predicted molar refractivity (Wildman–Crippen MR) is 85.7 cm³/mol. The Kier molecular flexibility index (Phi) is 3.92. The van der Waals surface area contributed by atoms with Gasteiger partial charge in [-0.2, -0.15) is 0 Å². The van der Waals surface area contributed by atoms with Crippen LogP contribution in [0.2, 0.25) is 0 Å². The number of rotatable bonds is 3. The van der Waals surface area contributed by atoms with Crippen molar-refractivity contribution in [1.29, 1.82) is 0 Å². The number of amides is 1. The first-order valence-corrected chi connectivity index (χ1v) is 8.08. The summed E-state index contributed by atoms with van der Waals surface area (Å²) in [6, 6.07) is 8.00. The second-order valence-electron chi connectivity index (χ2n) is 5.41. The molecule has 1 aliphatic rings. The number of hydrogen-bond donors (Lipinski definition) is 2. The number of thiazole rings is 1. The van der Waals surface area contributed by atoms with Gasteiger partial charge in [-0.3, -0.25) is 4.79 Å². The van der Waals surface area contributed by atoms with Crippen LogP contribution in [-0.4, -0.2) is 17.4 Å². The Hall–Kier alpha value is -1.88. The largest absolute Gasteiger partial charge is 0.385 e. The molecule has 0 saturated heterocycles. The molecule has 110 valence electrons. The van der Waals surface area contributed by atoms with Gasteiger partial charge in [0.1, 0.15) is 5.01 Å². The van der Waals surface area contributed by atoms with E-state index in [1.165, 1.54) is 0 Å². The van der Waals surface area contributed by atoms with E-state index in [-0.39, 0.29) is 17.9 Å². The maximum Gasteiger partial charge on any atom is 0.228 e. The Bertz CT molecular complexity index is 652. The molecular formula is C16H19N3OS. The van der Waals surface area contributed by atoms with Gasteiger partial charge in [-0.15, -0.1) is 11.3 Å². The summed E-state index contributed by atoms with van der Waals surface area (Å²) in [5.41, 5.74) is 3.16. The Morgan fingerprint density at radius 1 is 1.48 bits per heavy atom. The van der Waals surface area contributed by atoms with Crippen molar-refractivity contribution in [2.45, 2.75) is 32.2 Å². The SMILES string of the molecule is Cc1csc(C(C)NC(=O)C2CCNc3ccccc32)n1. The lowest BCUT2D eigenvalue weighted by atomic mass is 9.90. The minimum atomic E-state index is -0.0778. The number of carbonyl (C=O) groups excluding carboxylic acids is 1. The number of benzene rings is 1. The van der Waals surface area contributed by atoms with E-state index < -0.39 is 0 Å². The maximum atomic E-state index is 12.6. The van der Waals surface area contributed by atoms with Crippen molar-refractivity contribution < 1.29 is 4.79 Å². The minimum Gasteiger partial charge on any atom is -0.385 e. The summed E-state index contributed by atoms with van der Waals surface area (Å²) in [5, 5.41) is 9.42. The molecule has 0 bridgehead atoms. The number of fused-ring (bicyclic) bond motifs is 1. The molecule has 5 heteroatoms. The molecule has 1 amide bonds. The fraction of sp³-hybridized carbons (Fsp3) is 0.375. The minimum absolute atomic E-state index is 0.0433. The lowest BCUT2D eigenvalue weighted by Gasteiger charge is -2.26. The van der Waals surface area contributed by atoms with Crippen molar-refractivity contribution in [2.24, 2.45) is 0 Å². The van der Waals surface area contributed by atoms with Crippen LogP contribution in [0.25, 0.3) is 0 Å². The average molecular weight is 301 g/mol. The topological polar surface area (TPSA) is 54.0 Å². The van der Waals surface area contributed by atoms with Crippen molar-refractivity contribution in [3.63, 3.8) is 0 Å². The van der Waals surface area contributed by atoms with Gasteiger partial charge in [0, 0.05) is 23.3 Å². The van der Waals surface area contributed by atoms with Crippen LogP contribution in [-0.2, 0) is 4.79 Å². The van der Waals surface area contributed by atoms with Gasteiger partial charge in [0.05, 0.1) is 12.0 Å². The average Bonchev–Trinajstić information content (AvgIpc) is 2.93. The zero-order valence-electron chi connectivity index (χ0n) is 12.2. The van der Waals surface area contributed by atoms with Gasteiger partial charge in [-0.25, -0.2) is 4.98 Å². The molecule has 2 aromatic rings. The quantitative estimate of drug-likeness (QED) is 0.915. The van der Waals surface area contributed by atoms with Crippen LogP contribution in [0.4, 0.5) is 5.69 Å². The highest BCUT2D eigenvalue weighted by atomic mass is 32.1. The summed E-state index contributed by atoms with van der Waals surface area (Å²) < 4.78 is 0. The van der Waals surface area contributed by atoms with Gasteiger partial charge in [0.15, 0.2) is 0 Å². The second kappa shape index (κ2) is 5.85. The third-order valence-corrected chi connectivity index (χ3v) is 4.91. The fourth-order valence-electron chi connectivity index (χ4n) is 2.69. The first kappa shape index (κ1) is 14.1. The molecule has 0 saturated carbocycles. The van der Waals surface area contributed by atoms with Crippen LogP contribution < -0.4 is 10.6 Å². The molecule has 0 spiro atoms. The number of aromatic nitrogens is 1. The number of aryl methyl sites for hydroxylation is 1. The summed E-state index contributed by atoms with van der Waals surface area (Å²) in [7, 11) is 0. The molecule has 1 aliphatic heterocycles. The third kappa shape index (κ3) is 2.93. The molecule has 4 nitrogen and oxygen atoms in total. The molecule has 0 aliphatic carbocycles. The summed E-state index contributed by atoms with van der Waals surface area (Å²) in [5.74, 6) is 0.00950. The van der Waals surface area contributed by atoms with Gasteiger partial charge in [-0.05, 0) is 31.9 Å². The van der Waals surface area contributed by atoms with Crippen LogP contribution in [0.1, 0.15) is 41.6 Å². The molecule has 2 atom stereocenters. The molecule has 2 heterocycles. The summed E-state index contributed by atoms with van der Waals surface area (Å²) in [4.78, 5) is 17.0. The van der Waals surface area contributed by atoms with Crippen LogP contribution in [0.15, 0.2) is 29.6 Å². The number of nitrogens with zero attached hydrogens (tertiary/aromatic N) is 1. The van der Waals surface area contributed by atoms with Crippen molar-refractivity contribution in [3.05, 3.63) is 45.9 Å². The van der Waals surface area contributed by atoms with E-state index in [4.69, 9.17) is 0 Å². The molecule has 2 N–H and O–H groups in total. The summed E-state index contributed by atoms with van der Waals surface area (Å²) in [6.45, 7) is 4.79. The lowest BCUT2D eigenvalue weighted by molar-refractivity contribution is -0.123. The van der Waals surface area contributed by atoms with Gasteiger partial charge >= 0.3 is 0 Å². The van der Waals surface area contributed by atoms with Crippen molar-refractivity contribution in [3.8, 4) is 0 Å². The normalized spacial score (nSPS) is 18.5. The lowest BCUT2D eigenvalue weighted by Crippen LogP contribution is -2.34. The van der Waals surface area contributed by atoms with Gasteiger partial charge in [0.2, 0.25) is 5.91 Å². The highest BCUT2D eigenvalue weighted by Crippen LogP contribution is 2.32. The van der Waals surface area contributed by atoms with E-state index >= 15 is 0 Å². The monoisotopic (exact) mass is 301 g/mol. The molecule has 21 heavy (non-hydrogen) atoms. The maximum absolute atomic E-state index is 12.6. The van der Waals surface area contributed by atoms with E-state index in [9.17, 15) is 4.79 Å². The number of nitrogens with one attached hydrogen (secondary N) is 2. The Labute approximate surface area is 128 Å². The highest BCUT2D eigenvalue weighted by Gasteiger charge is 2.27. The van der Waals surface area contributed by atoms with Crippen LogP contribution in [0.5, 0.6) is 0 Å². The zero-order valence-corrected chi connectivity index (χ0v) is 13.0. The Morgan fingerprint density at radius 2 is 2.29 bits per heavy atom. The number of para-hydroxylation sites is 1. The standard InChI is InChI=1S/C16H19N3OS/c1-10-9-21-16(18-10)11(2)19-15(20)13-7-8-17-14-6-4-3-5-12(13)14/h3-6,9,11,13,17H,7-8H2,1-2H3,(H,19,20).